The molecule has 1 amide bonds. The maximum Gasteiger partial charge on any atom is 0.230 e. The molecule has 0 radical (unpaired) electrons. The van der Waals surface area contributed by atoms with Crippen molar-refractivity contribution in [1.82, 2.24) is 0 Å². The molecule has 4 heteroatoms. The molecular weight excluding hydrogens is 270 g/mol. The first kappa shape index (κ1) is 15.0. The zero-order valence-corrected chi connectivity index (χ0v) is 12.5. The van der Waals surface area contributed by atoms with Gasteiger partial charge < -0.3 is 5.73 Å². The van der Waals surface area contributed by atoms with Crippen LogP contribution >= 0.6 is 0 Å². The Kier molecular flexibility index (Phi) is 5.53. The van der Waals surface area contributed by atoms with Crippen LogP contribution in [0.15, 0.2) is 30.3 Å². The van der Waals surface area contributed by atoms with E-state index >= 15 is 0 Å². The van der Waals surface area contributed by atoms with Crippen LogP contribution in [0.2, 0.25) is 0 Å². The van der Waals surface area contributed by atoms with Crippen LogP contribution in [0.5, 0.6) is 0 Å². The Labute approximate surface area is 122 Å². The second kappa shape index (κ2) is 7.39. The molecule has 108 valence electrons. The predicted octanol–water partition coefficient (Wildman–Crippen LogP) is 2.77. The molecule has 1 unspecified atom stereocenters. The molecule has 0 fully saturated rings. The molecule has 1 atom stereocenters. The molecule has 2 rings (SSSR count). The van der Waals surface area contributed by atoms with Crippen molar-refractivity contribution >= 4 is 22.3 Å². The smallest absolute Gasteiger partial charge is 0.230 e. The standard InChI is InChI=1S/C16H21NO2S/c17-16(18)12-20(19)11-14-9-5-6-10-15(14)13-7-3-1-2-4-8-13/h5-7,9-10H,1-4,8,11-12H2,(H2,17,18). The topological polar surface area (TPSA) is 60.2 Å². The van der Waals surface area contributed by atoms with E-state index in [-0.39, 0.29) is 5.75 Å². The number of nitrogens with two attached hydrogens (primary N) is 1. The van der Waals surface area contributed by atoms with E-state index in [0.717, 1.165) is 18.4 Å². The van der Waals surface area contributed by atoms with Crippen molar-refractivity contribution in [3.05, 3.63) is 41.5 Å². The van der Waals surface area contributed by atoms with E-state index in [1.54, 1.807) is 0 Å². The average molecular weight is 291 g/mol. The third-order valence-corrected chi connectivity index (χ3v) is 4.76. The number of hydrogen-bond donors (Lipinski definition) is 1. The molecule has 0 bridgehead atoms. The monoisotopic (exact) mass is 291 g/mol. The van der Waals surface area contributed by atoms with Gasteiger partial charge in [0.1, 0.15) is 5.75 Å². The average Bonchev–Trinajstić information content (AvgIpc) is 2.67. The van der Waals surface area contributed by atoms with Crippen LogP contribution in [0.4, 0.5) is 0 Å². The van der Waals surface area contributed by atoms with Crippen molar-refractivity contribution in [1.29, 1.82) is 0 Å². The van der Waals surface area contributed by atoms with E-state index in [2.05, 4.69) is 12.1 Å². The lowest BCUT2D eigenvalue weighted by atomic mass is 9.97. The minimum atomic E-state index is -1.22. The van der Waals surface area contributed by atoms with Gasteiger partial charge in [-0.1, -0.05) is 36.8 Å². The third kappa shape index (κ3) is 4.30. The minimum Gasteiger partial charge on any atom is -0.369 e. The SMILES string of the molecule is NC(=O)CS(=O)Cc1ccccc1C1=CCCCCC1. The van der Waals surface area contributed by atoms with E-state index in [9.17, 15) is 9.00 Å². The van der Waals surface area contributed by atoms with Gasteiger partial charge in [0.2, 0.25) is 5.91 Å². The van der Waals surface area contributed by atoms with E-state index < -0.39 is 16.7 Å². The zero-order valence-electron chi connectivity index (χ0n) is 11.6. The van der Waals surface area contributed by atoms with E-state index in [1.807, 2.05) is 18.2 Å². The van der Waals surface area contributed by atoms with Crippen molar-refractivity contribution in [3.63, 3.8) is 0 Å². The summed E-state index contributed by atoms with van der Waals surface area (Å²) in [5.74, 6) is -0.168. The van der Waals surface area contributed by atoms with Gasteiger partial charge in [-0.3, -0.25) is 9.00 Å². The second-order valence-electron chi connectivity index (χ2n) is 5.18. The Bertz CT molecular complexity index is 537. The van der Waals surface area contributed by atoms with Crippen LogP contribution in [0.25, 0.3) is 5.57 Å². The summed E-state index contributed by atoms with van der Waals surface area (Å²) in [4.78, 5) is 10.8. The summed E-state index contributed by atoms with van der Waals surface area (Å²) in [6.07, 6.45) is 8.25. The minimum absolute atomic E-state index is 0.0621. The Balaban J connectivity index is 2.19. The van der Waals surface area contributed by atoms with Gasteiger partial charge in [0.05, 0.1) is 0 Å². The predicted molar refractivity (Wildman–Crippen MR) is 83.4 cm³/mol. The molecule has 1 aromatic carbocycles. The number of primary amides is 1. The van der Waals surface area contributed by atoms with Gasteiger partial charge >= 0.3 is 0 Å². The first-order valence-corrected chi connectivity index (χ1v) is 8.56. The molecule has 0 saturated heterocycles. The second-order valence-corrected chi connectivity index (χ2v) is 6.64. The normalized spacial score (nSPS) is 17.1. The highest BCUT2D eigenvalue weighted by molar-refractivity contribution is 7.84. The summed E-state index contributed by atoms with van der Waals surface area (Å²) >= 11 is 0. The van der Waals surface area contributed by atoms with Gasteiger partial charge in [-0.15, -0.1) is 0 Å². The van der Waals surface area contributed by atoms with Crippen LogP contribution in [-0.2, 0) is 21.3 Å². The molecule has 2 N–H and O–H groups in total. The molecule has 3 nitrogen and oxygen atoms in total. The van der Waals surface area contributed by atoms with Gasteiger partial charge in [-0.25, -0.2) is 0 Å². The van der Waals surface area contributed by atoms with E-state index in [4.69, 9.17) is 5.73 Å². The van der Waals surface area contributed by atoms with Gasteiger partial charge in [0.15, 0.2) is 0 Å². The number of carbonyl (C=O) groups is 1. The highest BCUT2D eigenvalue weighted by atomic mass is 32.2. The maximum absolute atomic E-state index is 11.9. The van der Waals surface area contributed by atoms with Gasteiger partial charge in [0.25, 0.3) is 0 Å². The fraction of sp³-hybridized carbons (Fsp3) is 0.438. The third-order valence-electron chi connectivity index (χ3n) is 3.52. The number of rotatable bonds is 5. The first-order valence-electron chi connectivity index (χ1n) is 7.07. The highest BCUT2D eigenvalue weighted by Gasteiger charge is 2.12. The maximum atomic E-state index is 11.9. The Morgan fingerprint density at radius 1 is 1.20 bits per heavy atom. The highest BCUT2D eigenvalue weighted by Crippen LogP contribution is 2.28. The zero-order chi connectivity index (χ0) is 14.4. The molecule has 0 saturated carbocycles. The van der Waals surface area contributed by atoms with Crippen molar-refractivity contribution < 1.29 is 9.00 Å². The van der Waals surface area contributed by atoms with Crippen LogP contribution < -0.4 is 5.73 Å². The fourth-order valence-electron chi connectivity index (χ4n) is 2.60. The fourth-order valence-corrected chi connectivity index (χ4v) is 3.62. The summed E-state index contributed by atoms with van der Waals surface area (Å²) in [6.45, 7) is 0. The summed E-state index contributed by atoms with van der Waals surface area (Å²) in [7, 11) is -1.22. The lowest BCUT2D eigenvalue weighted by Gasteiger charge is -2.12. The Morgan fingerprint density at radius 2 is 2.00 bits per heavy atom. The van der Waals surface area contributed by atoms with Crippen LogP contribution in [-0.4, -0.2) is 15.9 Å². The van der Waals surface area contributed by atoms with Gasteiger partial charge in [-0.05, 0) is 42.4 Å². The summed E-state index contributed by atoms with van der Waals surface area (Å²) in [6, 6.07) is 8.06. The Hall–Kier alpha value is -1.42. The number of benzene rings is 1. The number of amides is 1. The lowest BCUT2D eigenvalue weighted by Crippen LogP contribution is -2.20. The van der Waals surface area contributed by atoms with E-state index in [1.165, 1.54) is 30.4 Å². The summed E-state index contributed by atoms with van der Waals surface area (Å²) < 4.78 is 11.9. The summed E-state index contributed by atoms with van der Waals surface area (Å²) in [5, 5.41) is 0. The molecule has 0 aliphatic heterocycles. The molecular formula is C16H21NO2S. The van der Waals surface area contributed by atoms with Crippen molar-refractivity contribution in [2.75, 3.05) is 5.75 Å². The van der Waals surface area contributed by atoms with Crippen molar-refractivity contribution in [3.8, 4) is 0 Å². The molecule has 0 heterocycles. The van der Waals surface area contributed by atoms with Crippen molar-refractivity contribution in [2.24, 2.45) is 5.73 Å². The largest absolute Gasteiger partial charge is 0.369 e. The van der Waals surface area contributed by atoms with Crippen molar-refractivity contribution in [2.45, 2.75) is 37.9 Å². The Morgan fingerprint density at radius 3 is 2.80 bits per heavy atom. The van der Waals surface area contributed by atoms with Crippen LogP contribution in [0.1, 0.15) is 43.2 Å². The summed E-state index contributed by atoms with van der Waals surface area (Å²) in [5.41, 5.74) is 8.70. The molecule has 1 aliphatic rings. The van der Waals surface area contributed by atoms with Crippen LogP contribution in [0.3, 0.4) is 0 Å². The molecule has 20 heavy (non-hydrogen) atoms. The number of hydrogen-bond acceptors (Lipinski definition) is 2. The number of allylic oxidation sites excluding steroid dienone is 2. The number of carbonyl (C=O) groups excluding carboxylic acids is 1. The molecule has 1 aliphatic carbocycles. The van der Waals surface area contributed by atoms with Crippen LogP contribution in [0, 0.1) is 0 Å². The molecule has 0 aromatic heterocycles. The van der Waals surface area contributed by atoms with Gasteiger partial charge in [-0.2, -0.15) is 0 Å². The van der Waals surface area contributed by atoms with E-state index in [0.29, 0.717) is 5.75 Å². The molecule has 0 spiro atoms. The van der Waals surface area contributed by atoms with Gasteiger partial charge in [0, 0.05) is 16.6 Å². The lowest BCUT2D eigenvalue weighted by molar-refractivity contribution is -0.115. The quantitative estimate of drug-likeness (QED) is 0.906. The molecule has 1 aromatic rings. The first-order chi connectivity index (χ1) is 9.66.